The molecule has 0 saturated carbocycles. The number of halogens is 4. The van der Waals surface area contributed by atoms with Crippen molar-refractivity contribution in [2.45, 2.75) is 0 Å². The van der Waals surface area contributed by atoms with Crippen molar-refractivity contribution in [3.05, 3.63) is 81.5 Å². The fraction of sp³-hybridized carbons (Fsp3) is 0. The number of benzene rings is 2. The van der Waals surface area contributed by atoms with Crippen LogP contribution in [0.5, 0.6) is 0 Å². The fourth-order valence-corrected chi connectivity index (χ4v) is 2.99. The normalized spacial score (nSPS) is 10.7. The van der Waals surface area contributed by atoms with E-state index >= 15 is 0 Å². The molecule has 0 saturated heterocycles. The summed E-state index contributed by atoms with van der Waals surface area (Å²) in [5.41, 5.74) is 6.39. The van der Waals surface area contributed by atoms with Crippen molar-refractivity contribution in [3.63, 3.8) is 0 Å². The molecule has 7 heteroatoms. The highest BCUT2D eigenvalue weighted by Crippen LogP contribution is 2.37. The number of anilines is 1. The van der Waals surface area contributed by atoms with Crippen molar-refractivity contribution in [2.75, 3.05) is 5.73 Å². The molecule has 0 unspecified atom stereocenters. The van der Waals surface area contributed by atoms with Crippen molar-refractivity contribution in [1.82, 2.24) is 4.98 Å². The van der Waals surface area contributed by atoms with Crippen molar-refractivity contribution in [1.29, 1.82) is 0 Å². The van der Waals surface area contributed by atoms with Crippen LogP contribution in [-0.4, -0.2) is 10.8 Å². The van der Waals surface area contributed by atoms with Gasteiger partial charge in [-0.3, -0.25) is 9.78 Å². The Labute approximate surface area is 152 Å². The predicted octanol–water partition coefficient (Wildman–Crippen LogP) is 5.15. The molecule has 0 spiro atoms. The number of nitrogens with zero attached hydrogens (tertiary/aromatic N) is 1. The largest absolute Gasteiger partial charge is 0.396 e. The summed E-state index contributed by atoms with van der Waals surface area (Å²) in [6.45, 7) is 0. The lowest BCUT2D eigenvalue weighted by Crippen LogP contribution is -2.09. The topological polar surface area (TPSA) is 56.0 Å². The van der Waals surface area contributed by atoms with Crippen LogP contribution in [0, 0.1) is 11.6 Å². The smallest absolute Gasteiger partial charge is 0.198 e. The number of rotatable bonds is 3. The first-order chi connectivity index (χ1) is 11.9. The van der Waals surface area contributed by atoms with Crippen LogP contribution < -0.4 is 5.73 Å². The van der Waals surface area contributed by atoms with Crippen LogP contribution in [0.1, 0.15) is 15.9 Å². The van der Waals surface area contributed by atoms with Gasteiger partial charge in [0.25, 0.3) is 0 Å². The van der Waals surface area contributed by atoms with E-state index in [0.29, 0.717) is 21.7 Å². The standard InChI is InChI=1S/C18H10Cl2F2N2O/c19-12-2-1-3-13(20)15(12)17-16(23)11(6-7-24-17)18(25)10-5-4-9(21)8-14(10)22/h1-8H,23H2. The van der Waals surface area contributed by atoms with Crippen LogP contribution >= 0.6 is 23.2 Å². The van der Waals surface area contributed by atoms with Crippen LogP contribution in [0.4, 0.5) is 14.5 Å². The molecule has 126 valence electrons. The number of ketones is 1. The van der Waals surface area contributed by atoms with Crippen LogP contribution in [0.2, 0.25) is 10.0 Å². The molecule has 0 radical (unpaired) electrons. The van der Waals surface area contributed by atoms with Gasteiger partial charge in [0.1, 0.15) is 11.6 Å². The van der Waals surface area contributed by atoms with Crippen LogP contribution in [0.25, 0.3) is 11.3 Å². The quantitative estimate of drug-likeness (QED) is 0.641. The minimum absolute atomic E-state index is 0.00576. The Kier molecular flexibility index (Phi) is 4.70. The predicted molar refractivity (Wildman–Crippen MR) is 93.9 cm³/mol. The number of hydrogen-bond donors (Lipinski definition) is 1. The number of hydrogen-bond acceptors (Lipinski definition) is 3. The molecular formula is C18H10Cl2F2N2O. The first kappa shape index (κ1) is 17.3. The second-order valence-corrected chi connectivity index (χ2v) is 5.99. The maximum atomic E-state index is 13.9. The van der Waals surface area contributed by atoms with Crippen molar-refractivity contribution >= 4 is 34.7 Å². The van der Waals surface area contributed by atoms with Gasteiger partial charge in [0.2, 0.25) is 0 Å². The van der Waals surface area contributed by atoms with Gasteiger partial charge in [-0.05, 0) is 30.3 Å². The molecule has 1 aromatic heterocycles. The molecule has 2 aromatic carbocycles. The maximum absolute atomic E-state index is 13.9. The van der Waals surface area contributed by atoms with Gasteiger partial charge in [0, 0.05) is 23.4 Å². The van der Waals surface area contributed by atoms with Crippen molar-refractivity contribution in [2.24, 2.45) is 0 Å². The zero-order chi connectivity index (χ0) is 18.1. The molecule has 1 heterocycles. The molecule has 0 amide bonds. The lowest BCUT2D eigenvalue weighted by atomic mass is 9.99. The maximum Gasteiger partial charge on any atom is 0.198 e. The molecule has 3 rings (SSSR count). The van der Waals surface area contributed by atoms with E-state index in [1.165, 1.54) is 12.3 Å². The first-order valence-corrected chi connectivity index (χ1v) is 7.84. The average molecular weight is 379 g/mol. The molecule has 0 bridgehead atoms. The third-order valence-corrected chi connectivity index (χ3v) is 4.24. The molecule has 0 fully saturated rings. The fourth-order valence-electron chi connectivity index (χ4n) is 2.41. The average Bonchev–Trinajstić information content (AvgIpc) is 2.55. The first-order valence-electron chi connectivity index (χ1n) is 7.08. The summed E-state index contributed by atoms with van der Waals surface area (Å²) in [6, 6.07) is 8.93. The van der Waals surface area contributed by atoms with Gasteiger partial charge < -0.3 is 5.73 Å². The SMILES string of the molecule is Nc1c(C(=O)c2ccc(F)cc2F)ccnc1-c1c(Cl)cccc1Cl. The van der Waals surface area contributed by atoms with E-state index < -0.39 is 17.4 Å². The number of aromatic nitrogens is 1. The molecule has 0 aliphatic heterocycles. The summed E-state index contributed by atoms with van der Waals surface area (Å²) in [5.74, 6) is -2.44. The van der Waals surface area contributed by atoms with E-state index in [2.05, 4.69) is 4.98 Å². The van der Waals surface area contributed by atoms with E-state index in [1.54, 1.807) is 18.2 Å². The molecule has 2 N–H and O–H groups in total. The summed E-state index contributed by atoms with van der Waals surface area (Å²) >= 11 is 12.3. The number of nitrogen functional groups attached to an aromatic ring is 1. The number of nitrogens with two attached hydrogens (primary N) is 1. The minimum Gasteiger partial charge on any atom is -0.396 e. The Morgan fingerprint density at radius 2 is 1.68 bits per heavy atom. The molecule has 0 atom stereocenters. The van der Waals surface area contributed by atoms with Gasteiger partial charge in [0.05, 0.1) is 27.0 Å². The lowest BCUT2D eigenvalue weighted by Gasteiger charge is -2.12. The zero-order valence-electron chi connectivity index (χ0n) is 12.6. The Balaban J connectivity index is 2.15. The summed E-state index contributed by atoms with van der Waals surface area (Å²) in [7, 11) is 0. The molecule has 3 nitrogen and oxygen atoms in total. The highest BCUT2D eigenvalue weighted by atomic mass is 35.5. The van der Waals surface area contributed by atoms with Gasteiger partial charge in [0.15, 0.2) is 5.78 Å². The summed E-state index contributed by atoms with van der Waals surface area (Å²) in [5, 5.41) is 0.619. The van der Waals surface area contributed by atoms with E-state index in [9.17, 15) is 13.6 Å². The zero-order valence-corrected chi connectivity index (χ0v) is 14.1. The molecule has 0 aliphatic carbocycles. The van der Waals surface area contributed by atoms with E-state index in [4.69, 9.17) is 28.9 Å². The molecule has 0 aliphatic rings. The second-order valence-electron chi connectivity index (χ2n) is 5.17. The van der Waals surface area contributed by atoms with Gasteiger partial charge >= 0.3 is 0 Å². The van der Waals surface area contributed by atoms with Crippen LogP contribution in [0.15, 0.2) is 48.7 Å². The lowest BCUT2D eigenvalue weighted by molar-refractivity contribution is 0.103. The van der Waals surface area contributed by atoms with Crippen LogP contribution in [-0.2, 0) is 0 Å². The summed E-state index contributed by atoms with van der Waals surface area (Å²) < 4.78 is 27.0. The van der Waals surface area contributed by atoms with Gasteiger partial charge in [-0.1, -0.05) is 29.3 Å². The summed E-state index contributed by atoms with van der Waals surface area (Å²) in [4.78, 5) is 16.8. The molecular weight excluding hydrogens is 369 g/mol. The highest BCUT2D eigenvalue weighted by molar-refractivity contribution is 6.39. The van der Waals surface area contributed by atoms with Crippen molar-refractivity contribution in [3.8, 4) is 11.3 Å². The number of pyridine rings is 1. The summed E-state index contributed by atoms with van der Waals surface area (Å²) in [6.07, 6.45) is 1.35. The molecule has 25 heavy (non-hydrogen) atoms. The highest BCUT2D eigenvalue weighted by Gasteiger charge is 2.21. The Morgan fingerprint density at radius 3 is 2.32 bits per heavy atom. The van der Waals surface area contributed by atoms with Crippen LogP contribution in [0.3, 0.4) is 0 Å². The number of carbonyl (C=O) groups is 1. The van der Waals surface area contributed by atoms with Gasteiger partial charge in [-0.15, -0.1) is 0 Å². The van der Waals surface area contributed by atoms with Gasteiger partial charge in [-0.2, -0.15) is 0 Å². The second kappa shape index (κ2) is 6.78. The monoisotopic (exact) mass is 378 g/mol. The third-order valence-electron chi connectivity index (χ3n) is 3.61. The third kappa shape index (κ3) is 3.21. The van der Waals surface area contributed by atoms with E-state index in [0.717, 1.165) is 12.1 Å². The van der Waals surface area contributed by atoms with Crippen molar-refractivity contribution < 1.29 is 13.6 Å². The minimum atomic E-state index is -0.974. The number of carbonyl (C=O) groups excluding carboxylic acids is 1. The van der Waals surface area contributed by atoms with Gasteiger partial charge in [-0.25, -0.2) is 8.78 Å². The molecule has 3 aromatic rings. The Bertz CT molecular complexity index is 973. The van der Waals surface area contributed by atoms with E-state index in [-0.39, 0.29) is 22.5 Å². The Morgan fingerprint density at radius 1 is 1.00 bits per heavy atom. The Hall–Kier alpha value is -2.50. The van der Waals surface area contributed by atoms with E-state index in [1.807, 2.05) is 0 Å².